The Hall–Kier alpha value is -2.59. The SMILES string of the molecule is O=C(/C=C/c1ccccc1Cl)Nc1ccc(N2CCCC2=O)cc1. The average molecular weight is 341 g/mol. The Bertz CT molecular complexity index is 784. The number of nitrogens with one attached hydrogen (secondary N) is 1. The Labute approximate surface area is 145 Å². The van der Waals surface area contributed by atoms with Crippen molar-refractivity contribution in [3.05, 3.63) is 65.2 Å². The van der Waals surface area contributed by atoms with Gasteiger partial charge in [-0.05, 0) is 48.4 Å². The van der Waals surface area contributed by atoms with E-state index >= 15 is 0 Å². The molecule has 5 heteroatoms. The molecule has 1 heterocycles. The zero-order valence-electron chi connectivity index (χ0n) is 13.0. The van der Waals surface area contributed by atoms with E-state index in [2.05, 4.69) is 5.32 Å². The summed E-state index contributed by atoms with van der Waals surface area (Å²) in [5.41, 5.74) is 2.33. The van der Waals surface area contributed by atoms with Gasteiger partial charge in [-0.3, -0.25) is 9.59 Å². The van der Waals surface area contributed by atoms with Crippen LogP contribution in [0.2, 0.25) is 5.02 Å². The van der Waals surface area contributed by atoms with Crippen molar-refractivity contribution >= 4 is 40.9 Å². The quantitative estimate of drug-likeness (QED) is 0.851. The van der Waals surface area contributed by atoms with Gasteiger partial charge in [-0.25, -0.2) is 0 Å². The second-order valence-corrected chi connectivity index (χ2v) is 5.95. The van der Waals surface area contributed by atoms with Crippen molar-refractivity contribution in [1.29, 1.82) is 0 Å². The third-order valence-corrected chi connectivity index (χ3v) is 4.18. The van der Waals surface area contributed by atoms with E-state index in [0.717, 1.165) is 24.2 Å². The van der Waals surface area contributed by atoms with Crippen molar-refractivity contribution < 1.29 is 9.59 Å². The second-order valence-electron chi connectivity index (χ2n) is 5.54. The van der Waals surface area contributed by atoms with Gasteiger partial charge in [0.2, 0.25) is 11.8 Å². The summed E-state index contributed by atoms with van der Waals surface area (Å²) < 4.78 is 0. The molecule has 1 N–H and O–H groups in total. The van der Waals surface area contributed by atoms with Gasteiger partial charge in [-0.2, -0.15) is 0 Å². The molecule has 1 aliphatic rings. The van der Waals surface area contributed by atoms with Crippen LogP contribution in [0.25, 0.3) is 6.08 Å². The Kier molecular flexibility index (Phi) is 4.96. The molecule has 2 amide bonds. The van der Waals surface area contributed by atoms with E-state index in [1.165, 1.54) is 6.08 Å². The smallest absolute Gasteiger partial charge is 0.248 e. The van der Waals surface area contributed by atoms with Crippen LogP contribution in [0.4, 0.5) is 11.4 Å². The summed E-state index contributed by atoms with van der Waals surface area (Å²) in [5.74, 6) is -0.0885. The minimum absolute atomic E-state index is 0.148. The van der Waals surface area contributed by atoms with Crippen LogP contribution in [0.15, 0.2) is 54.6 Å². The minimum atomic E-state index is -0.236. The fourth-order valence-corrected chi connectivity index (χ4v) is 2.80. The van der Waals surface area contributed by atoms with Gasteiger partial charge in [0.1, 0.15) is 0 Å². The number of hydrogen-bond donors (Lipinski definition) is 1. The molecule has 0 aromatic heterocycles. The maximum atomic E-state index is 12.0. The maximum Gasteiger partial charge on any atom is 0.248 e. The number of nitrogens with zero attached hydrogens (tertiary/aromatic N) is 1. The molecular formula is C19H17ClN2O2. The van der Waals surface area contributed by atoms with Crippen LogP contribution in [0.3, 0.4) is 0 Å². The van der Waals surface area contributed by atoms with E-state index in [-0.39, 0.29) is 11.8 Å². The van der Waals surface area contributed by atoms with Crippen molar-refractivity contribution in [3.8, 4) is 0 Å². The van der Waals surface area contributed by atoms with E-state index < -0.39 is 0 Å². The molecule has 0 aliphatic carbocycles. The lowest BCUT2D eigenvalue weighted by Gasteiger charge is -2.15. The second kappa shape index (κ2) is 7.32. The first-order valence-corrected chi connectivity index (χ1v) is 8.15. The van der Waals surface area contributed by atoms with Crippen LogP contribution in [-0.4, -0.2) is 18.4 Å². The largest absolute Gasteiger partial charge is 0.323 e. The predicted molar refractivity (Wildman–Crippen MR) is 97.1 cm³/mol. The van der Waals surface area contributed by atoms with E-state index in [1.807, 2.05) is 30.3 Å². The summed E-state index contributed by atoms with van der Waals surface area (Å²) in [6.07, 6.45) is 4.61. The summed E-state index contributed by atoms with van der Waals surface area (Å²) in [5, 5.41) is 3.39. The van der Waals surface area contributed by atoms with E-state index in [4.69, 9.17) is 11.6 Å². The number of amides is 2. The van der Waals surface area contributed by atoms with Crippen molar-refractivity contribution in [2.24, 2.45) is 0 Å². The summed E-state index contributed by atoms with van der Waals surface area (Å²) in [7, 11) is 0. The molecule has 4 nitrogen and oxygen atoms in total. The van der Waals surface area contributed by atoms with Gasteiger partial charge < -0.3 is 10.2 Å². The highest BCUT2D eigenvalue weighted by Gasteiger charge is 2.21. The minimum Gasteiger partial charge on any atom is -0.323 e. The lowest BCUT2D eigenvalue weighted by molar-refractivity contribution is -0.117. The Balaban J connectivity index is 1.62. The third-order valence-electron chi connectivity index (χ3n) is 3.84. The highest BCUT2D eigenvalue weighted by Crippen LogP contribution is 2.23. The van der Waals surface area contributed by atoms with Crippen molar-refractivity contribution in [2.75, 3.05) is 16.8 Å². The molecule has 2 aromatic carbocycles. The molecular weight excluding hydrogens is 324 g/mol. The lowest BCUT2D eigenvalue weighted by Crippen LogP contribution is -2.23. The number of hydrogen-bond acceptors (Lipinski definition) is 2. The number of rotatable bonds is 4. The normalized spacial score (nSPS) is 14.4. The van der Waals surface area contributed by atoms with Gasteiger partial charge in [-0.15, -0.1) is 0 Å². The maximum absolute atomic E-state index is 12.0. The number of halogens is 1. The average Bonchev–Trinajstić information content (AvgIpc) is 3.01. The number of anilines is 2. The molecule has 0 radical (unpaired) electrons. The summed E-state index contributed by atoms with van der Waals surface area (Å²) in [4.78, 5) is 25.5. The molecule has 2 aromatic rings. The van der Waals surface area contributed by atoms with Gasteiger partial charge in [0.05, 0.1) is 0 Å². The Morgan fingerprint density at radius 2 is 1.88 bits per heavy atom. The summed E-state index contributed by atoms with van der Waals surface area (Å²) in [6.45, 7) is 0.755. The molecule has 1 aliphatic heterocycles. The van der Waals surface area contributed by atoms with Crippen LogP contribution in [0, 0.1) is 0 Å². The van der Waals surface area contributed by atoms with E-state index in [0.29, 0.717) is 17.1 Å². The summed E-state index contributed by atoms with van der Waals surface area (Å²) >= 11 is 6.04. The van der Waals surface area contributed by atoms with Crippen LogP contribution < -0.4 is 10.2 Å². The third kappa shape index (κ3) is 3.84. The Morgan fingerprint density at radius 1 is 1.12 bits per heavy atom. The van der Waals surface area contributed by atoms with Crippen LogP contribution in [0.1, 0.15) is 18.4 Å². The molecule has 24 heavy (non-hydrogen) atoms. The van der Waals surface area contributed by atoms with Gasteiger partial charge >= 0.3 is 0 Å². The van der Waals surface area contributed by atoms with Crippen molar-refractivity contribution in [2.45, 2.75) is 12.8 Å². The topological polar surface area (TPSA) is 49.4 Å². The van der Waals surface area contributed by atoms with E-state index in [9.17, 15) is 9.59 Å². The molecule has 0 saturated carbocycles. The molecule has 0 atom stereocenters. The van der Waals surface area contributed by atoms with Crippen molar-refractivity contribution in [1.82, 2.24) is 0 Å². The van der Waals surface area contributed by atoms with Crippen LogP contribution in [-0.2, 0) is 9.59 Å². The Morgan fingerprint density at radius 3 is 2.54 bits per heavy atom. The zero-order chi connectivity index (χ0) is 16.9. The fourth-order valence-electron chi connectivity index (χ4n) is 2.61. The molecule has 0 bridgehead atoms. The molecule has 122 valence electrons. The first kappa shape index (κ1) is 16.3. The first-order valence-electron chi connectivity index (χ1n) is 7.77. The molecule has 3 rings (SSSR count). The zero-order valence-corrected chi connectivity index (χ0v) is 13.8. The van der Waals surface area contributed by atoms with Crippen molar-refractivity contribution in [3.63, 3.8) is 0 Å². The standard InChI is InChI=1S/C19H17ClN2O2/c20-17-5-2-1-4-14(17)7-12-18(23)21-15-8-10-16(11-9-15)22-13-3-6-19(22)24/h1-2,4-5,7-12H,3,6,13H2,(H,21,23)/b12-7+. The molecule has 0 unspecified atom stereocenters. The molecule has 1 saturated heterocycles. The van der Waals surface area contributed by atoms with Gasteiger partial charge in [-0.1, -0.05) is 29.8 Å². The number of carbonyl (C=O) groups excluding carboxylic acids is 2. The molecule has 0 spiro atoms. The fraction of sp³-hybridized carbons (Fsp3) is 0.158. The first-order chi connectivity index (χ1) is 11.6. The van der Waals surface area contributed by atoms with Crippen LogP contribution in [0.5, 0.6) is 0 Å². The number of carbonyl (C=O) groups is 2. The molecule has 1 fully saturated rings. The van der Waals surface area contributed by atoms with Gasteiger partial charge in [0.25, 0.3) is 0 Å². The highest BCUT2D eigenvalue weighted by molar-refractivity contribution is 6.32. The lowest BCUT2D eigenvalue weighted by atomic mass is 10.2. The van der Waals surface area contributed by atoms with E-state index in [1.54, 1.807) is 29.2 Å². The number of benzene rings is 2. The van der Waals surface area contributed by atoms with Gasteiger partial charge in [0.15, 0.2) is 0 Å². The van der Waals surface area contributed by atoms with Crippen LogP contribution >= 0.6 is 11.6 Å². The highest BCUT2D eigenvalue weighted by atomic mass is 35.5. The van der Waals surface area contributed by atoms with Gasteiger partial charge in [0, 0.05) is 35.4 Å². The summed E-state index contributed by atoms with van der Waals surface area (Å²) in [6, 6.07) is 14.6. The monoisotopic (exact) mass is 340 g/mol. The predicted octanol–water partition coefficient (Wildman–Crippen LogP) is 4.12.